The number of hydrogen-bond donors (Lipinski definition) is 1. The third-order valence-corrected chi connectivity index (χ3v) is 3.08. The van der Waals surface area contributed by atoms with Gasteiger partial charge in [0.2, 0.25) is 0 Å². The number of fused-ring (bicyclic) bond motifs is 1. The van der Waals surface area contributed by atoms with Crippen LogP contribution in [-0.2, 0) is 9.59 Å². The summed E-state index contributed by atoms with van der Waals surface area (Å²) in [7, 11) is 0. The Labute approximate surface area is 130 Å². The van der Waals surface area contributed by atoms with Gasteiger partial charge in [-0.15, -0.1) is 0 Å². The molecule has 0 saturated heterocycles. The van der Waals surface area contributed by atoms with Crippen molar-refractivity contribution in [1.29, 1.82) is 0 Å². The Morgan fingerprint density at radius 2 is 2.29 bits per heavy atom. The fraction of sp³-hybridized carbons (Fsp3) is 0.333. The van der Waals surface area contributed by atoms with Gasteiger partial charge in [-0.25, -0.2) is 4.98 Å². The van der Waals surface area contributed by atoms with Gasteiger partial charge in [-0.2, -0.15) is 0 Å². The standard InChI is InChI=1S/C15H15N3O3/c1-8-17-11-4-2-3-10(16)14(11)15(21)18(8)12-6-5-9(19)7-13(12)20/h2-4,12H,5-7,16H2,1H3/i1D2,5D2,6D2,12D. The smallest absolute Gasteiger partial charge is 0.264 e. The average Bonchev–Trinajstić information content (AvgIpc) is 2.59. The van der Waals surface area contributed by atoms with Gasteiger partial charge in [0.1, 0.15) is 11.6 Å². The summed E-state index contributed by atoms with van der Waals surface area (Å²) in [5.41, 5.74) is 4.51. The van der Waals surface area contributed by atoms with E-state index in [4.69, 9.17) is 15.3 Å². The topological polar surface area (TPSA) is 95.0 Å². The van der Waals surface area contributed by atoms with Crippen LogP contribution in [-0.4, -0.2) is 21.1 Å². The lowest BCUT2D eigenvalue weighted by molar-refractivity contribution is -0.132. The molecule has 1 atom stereocenters. The fourth-order valence-corrected chi connectivity index (χ4v) is 2.14. The number of aromatic nitrogens is 2. The van der Waals surface area contributed by atoms with Crippen molar-refractivity contribution in [1.82, 2.24) is 9.55 Å². The zero-order valence-corrected chi connectivity index (χ0v) is 10.7. The van der Waals surface area contributed by atoms with E-state index in [0.717, 1.165) is 0 Å². The lowest BCUT2D eigenvalue weighted by Gasteiger charge is -2.24. The Kier molecular flexibility index (Phi) is 1.71. The number of aryl methyl sites for hydroxylation is 1. The van der Waals surface area contributed by atoms with Gasteiger partial charge in [-0.3, -0.25) is 19.0 Å². The van der Waals surface area contributed by atoms with Crippen LogP contribution in [0.1, 0.15) is 40.6 Å². The summed E-state index contributed by atoms with van der Waals surface area (Å²) < 4.78 is 55.8. The normalized spacial score (nSPS) is 32.5. The van der Waals surface area contributed by atoms with E-state index >= 15 is 0 Å². The van der Waals surface area contributed by atoms with Crippen molar-refractivity contribution in [2.45, 2.75) is 32.1 Å². The summed E-state index contributed by atoms with van der Waals surface area (Å²) in [4.78, 5) is 41.6. The molecule has 1 aromatic heterocycles. The van der Waals surface area contributed by atoms with Crippen LogP contribution in [0.2, 0.25) is 0 Å². The third kappa shape index (κ3) is 2.12. The number of ketones is 2. The zero-order valence-electron chi connectivity index (χ0n) is 17.7. The molecule has 1 fully saturated rings. The molecule has 0 amide bonds. The Bertz CT molecular complexity index is 1080. The first kappa shape index (κ1) is 7.49. The van der Waals surface area contributed by atoms with E-state index in [0.29, 0.717) is 0 Å². The maximum atomic E-state index is 13.1. The van der Waals surface area contributed by atoms with E-state index in [1.165, 1.54) is 18.2 Å². The molecule has 1 saturated carbocycles. The highest BCUT2D eigenvalue weighted by molar-refractivity contribution is 6.03. The molecule has 1 aromatic carbocycles. The van der Waals surface area contributed by atoms with Crippen molar-refractivity contribution < 1.29 is 19.2 Å². The summed E-state index contributed by atoms with van der Waals surface area (Å²) in [6.07, 6.45) is -7.88. The monoisotopic (exact) mass is 292 g/mol. The number of Topliss-reactive ketones (excluding diaryl/α,β-unsaturated/α-hetero) is 2. The Morgan fingerprint density at radius 1 is 1.48 bits per heavy atom. The summed E-state index contributed by atoms with van der Waals surface area (Å²) in [5.74, 6) is -3.47. The molecule has 0 spiro atoms. The average molecular weight is 292 g/mol. The van der Waals surface area contributed by atoms with Crippen molar-refractivity contribution >= 4 is 28.2 Å². The molecule has 21 heavy (non-hydrogen) atoms. The van der Waals surface area contributed by atoms with Crippen LogP contribution in [0.5, 0.6) is 0 Å². The van der Waals surface area contributed by atoms with Crippen LogP contribution in [0.15, 0.2) is 23.0 Å². The molecule has 6 heteroatoms. The molecule has 2 aromatic rings. The predicted octanol–water partition coefficient (Wildman–Crippen LogP) is 1.15. The zero-order chi connectivity index (χ0) is 21.2. The summed E-state index contributed by atoms with van der Waals surface area (Å²) in [6, 6.07) is 0.895. The predicted molar refractivity (Wildman–Crippen MR) is 78.1 cm³/mol. The second kappa shape index (κ2) is 4.80. The van der Waals surface area contributed by atoms with Crippen LogP contribution in [0.25, 0.3) is 10.9 Å². The van der Waals surface area contributed by atoms with Gasteiger partial charge >= 0.3 is 0 Å². The lowest BCUT2D eigenvalue weighted by Crippen LogP contribution is -2.36. The number of nitrogens with two attached hydrogens (primary N) is 1. The molecule has 1 aliphatic carbocycles. The van der Waals surface area contributed by atoms with Gasteiger partial charge < -0.3 is 5.73 Å². The largest absolute Gasteiger partial charge is 0.398 e. The number of hydrogen-bond acceptors (Lipinski definition) is 5. The summed E-state index contributed by atoms with van der Waals surface area (Å²) >= 11 is 0. The highest BCUT2D eigenvalue weighted by Gasteiger charge is 2.30. The number of carbonyl (C=O) groups excluding carboxylic acids is 2. The van der Waals surface area contributed by atoms with Crippen molar-refractivity contribution in [3.8, 4) is 0 Å². The number of anilines is 1. The van der Waals surface area contributed by atoms with Crippen molar-refractivity contribution in [2.24, 2.45) is 0 Å². The molecule has 6 nitrogen and oxygen atoms in total. The lowest BCUT2D eigenvalue weighted by atomic mass is 9.92. The van der Waals surface area contributed by atoms with E-state index in [2.05, 4.69) is 4.98 Å². The first-order valence-electron chi connectivity index (χ1n) is 9.66. The molecule has 0 aliphatic heterocycles. The van der Waals surface area contributed by atoms with Crippen LogP contribution in [0, 0.1) is 6.88 Å². The first-order valence-corrected chi connectivity index (χ1v) is 6.01. The van der Waals surface area contributed by atoms with E-state index < -0.39 is 55.0 Å². The molecule has 0 bridgehead atoms. The van der Waals surface area contributed by atoms with Crippen LogP contribution in [0.3, 0.4) is 0 Å². The van der Waals surface area contributed by atoms with Crippen LogP contribution < -0.4 is 11.3 Å². The Morgan fingerprint density at radius 3 is 3.05 bits per heavy atom. The van der Waals surface area contributed by atoms with Crippen molar-refractivity contribution in [3.05, 3.63) is 34.4 Å². The van der Waals surface area contributed by atoms with Crippen molar-refractivity contribution in [2.75, 3.05) is 5.73 Å². The number of carbonyl (C=O) groups is 2. The SMILES string of the molecule is [2H]C([2H])c1nc2cccc(N)c2c(=O)n1C1([2H])C(=O)CC(=O)C([2H])([2H])C1([2H])[2H]. The second-order valence-electron chi connectivity index (χ2n) is 4.47. The molecule has 1 unspecified atom stereocenters. The third-order valence-electron chi connectivity index (χ3n) is 3.08. The minimum absolute atomic E-state index is 0.0211. The molecule has 108 valence electrons. The highest BCUT2D eigenvalue weighted by Crippen LogP contribution is 2.24. The summed E-state index contributed by atoms with van der Waals surface area (Å²) in [6.45, 7) is -2.01. The van der Waals surface area contributed by atoms with Gasteiger partial charge in [0.25, 0.3) is 5.56 Å². The maximum Gasteiger partial charge on any atom is 0.264 e. The van der Waals surface area contributed by atoms with E-state index in [9.17, 15) is 14.4 Å². The first-order chi connectivity index (χ1) is 12.8. The van der Waals surface area contributed by atoms with Gasteiger partial charge in [-0.05, 0) is 25.4 Å². The van der Waals surface area contributed by atoms with Gasteiger partial charge in [0.15, 0.2) is 5.78 Å². The van der Waals surface area contributed by atoms with E-state index in [1.54, 1.807) is 0 Å². The highest BCUT2D eigenvalue weighted by atomic mass is 16.2. The molecular formula is C15H15N3O3. The van der Waals surface area contributed by atoms with Crippen LogP contribution >= 0.6 is 0 Å². The van der Waals surface area contributed by atoms with E-state index in [-0.39, 0.29) is 21.2 Å². The van der Waals surface area contributed by atoms with Gasteiger partial charge in [-0.1, -0.05) is 6.07 Å². The fourth-order valence-electron chi connectivity index (χ4n) is 2.14. The number of rotatable bonds is 1. The van der Waals surface area contributed by atoms with Crippen LogP contribution in [0.4, 0.5) is 5.69 Å². The number of nitrogen functional groups attached to an aromatic ring is 1. The molecule has 3 rings (SSSR count). The molecule has 0 radical (unpaired) electrons. The van der Waals surface area contributed by atoms with Gasteiger partial charge in [0, 0.05) is 20.3 Å². The molecule has 1 heterocycles. The summed E-state index contributed by atoms with van der Waals surface area (Å²) in [5, 5.41) is -0.264. The van der Waals surface area contributed by atoms with Gasteiger partial charge in [0.05, 0.1) is 24.7 Å². The second-order valence-corrected chi connectivity index (χ2v) is 4.47. The Hall–Kier alpha value is -2.50. The molecule has 1 aliphatic rings. The minimum Gasteiger partial charge on any atom is -0.398 e. The minimum atomic E-state index is -3.49. The van der Waals surface area contributed by atoms with E-state index in [1.807, 2.05) is 0 Å². The number of benzene rings is 1. The molecule has 2 N–H and O–H groups in total. The quantitative estimate of drug-likeness (QED) is 0.628. The maximum absolute atomic E-state index is 13.1. The molecular weight excluding hydrogens is 270 g/mol. The Balaban J connectivity index is 2.52. The number of nitrogens with zero attached hydrogens (tertiary/aromatic N) is 2. The van der Waals surface area contributed by atoms with Crippen molar-refractivity contribution in [3.63, 3.8) is 0 Å².